The van der Waals surface area contributed by atoms with Gasteiger partial charge in [-0.25, -0.2) is 0 Å². The Morgan fingerprint density at radius 2 is 2.18 bits per heavy atom. The molecule has 0 saturated carbocycles. The molecule has 3 nitrogen and oxygen atoms in total. The number of ketones is 1. The van der Waals surface area contributed by atoms with Crippen LogP contribution in [0.15, 0.2) is 6.58 Å². The SMILES string of the molecule is C=C(C(C)=O)c1nnc(C)s1. The second-order valence-corrected chi connectivity index (χ2v) is 3.34. The van der Waals surface area contributed by atoms with E-state index in [1.54, 1.807) is 0 Å². The highest BCUT2D eigenvalue weighted by Gasteiger charge is 2.08. The van der Waals surface area contributed by atoms with Gasteiger partial charge in [-0.05, 0) is 13.8 Å². The highest BCUT2D eigenvalue weighted by Crippen LogP contribution is 2.17. The Morgan fingerprint density at radius 1 is 1.55 bits per heavy atom. The smallest absolute Gasteiger partial charge is 0.162 e. The van der Waals surface area contributed by atoms with Gasteiger partial charge in [0.1, 0.15) is 5.01 Å². The second-order valence-electron chi connectivity index (χ2n) is 2.16. The van der Waals surface area contributed by atoms with Crippen LogP contribution in [-0.2, 0) is 4.79 Å². The van der Waals surface area contributed by atoms with Gasteiger partial charge in [-0.3, -0.25) is 4.79 Å². The van der Waals surface area contributed by atoms with E-state index in [0.29, 0.717) is 10.6 Å². The van der Waals surface area contributed by atoms with E-state index >= 15 is 0 Å². The molecule has 1 heterocycles. The second kappa shape index (κ2) is 2.92. The first kappa shape index (κ1) is 8.07. The topological polar surface area (TPSA) is 42.9 Å². The predicted molar refractivity (Wildman–Crippen MR) is 44.4 cm³/mol. The zero-order valence-electron chi connectivity index (χ0n) is 6.42. The van der Waals surface area contributed by atoms with E-state index in [4.69, 9.17) is 0 Å². The van der Waals surface area contributed by atoms with Gasteiger partial charge in [0.15, 0.2) is 10.8 Å². The van der Waals surface area contributed by atoms with Gasteiger partial charge >= 0.3 is 0 Å². The number of hydrogen-bond acceptors (Lipinski definition) is 4. The van der Waals surface area contributed by atoms with Gasteiger partial charge < -0.3 is 0 Å². The molecule has 0 aliphatic rings. The van der Waals surface area contributed by atoms with E-state index in [9.17, 15) is 4.79 Å². The van der Waals surface area contributed by atoms with Crippen molar-refractivity contribution in [2.45, 2.75) is 13.8 Å². The van der Waals surface area contributed by atoms with Crippen LogP contribution >= 0.6 is 11.3 Å². The Labute approximate surface area is 68.8 Å². The first-order chi connectivity index (χ1) is 5.11. The molecule has 0 saturated heterocycles. The normalized spacial score (nSPS) is 9.64. The van der Waals surface area contributed by atoms with Crippen LogP contribution in [0.25, 0.3) is 5.57 Å². The van der Waals surface area contributed by atoms with Crippen LogP contribution in [-0.4, -0.2) is 16.0 Å². The third-order valence-corrected chi connectivity index (χ3v) is 2.11. The van der Waals surface area contributed by atoms with Gasteiger partial charge in [-0.2, -0.15) is 0 Å². The molecule has 0 amide bonds. The lowest BCUT2D eigenvalue weighted by atomic mass is 10.2. The summed E-state index contributed by atoms with van der Waals surface area (Å²) >= 11 is 1.38. The molecule has 4 heteroatoms. The van der Waals surface area contributed by atoms with E-state index in [1.807, 2.05) is 6.92 Å². The van der Waals surface area contributed by atoms with E-state index < -0.39 is 0 Å². The van der Waals surface area contributed by atoms with Crippen LogP contribution in [0, 0.1) is 6.92 Å². The molecule has 0 aliphatic heterocycles. The number of rotatable bonds is 2. The van der Waals surface area contributed by atoms with Crippen molar-refractivity contribution in [3.63, 3.8) is 0 Å². The summed E-state index contributed by atoms with van der Waals surface area (Å²) in [6, 6.07) is 0. The fraction of sp³-hybridized carbons (Fsp3) is 0.286. The number of nitrogens with zero attached hydrogens (tertiary/aromatic N) is 2. The summed E-state index contributed by atoms with van der Waals surface area (Å²) in [7, 11) is 0. The molecular weight excluding hydrogens is 160 g/mol. The van der Waals surface area contributed by atoms with Crippen LogP contribution < -0.4 is 0 Å². The van der Waals surface area contributed by atoms with E-state index in [1.165, 1.54) is 18.3 Å². The average molecular weight is 168 g/mol. The molecule has 0 unspecified atom stereocenters. The zero-order chi connectivity index (χ0) is 8.43. The number of carbonyl (C=O) groups is 1. The van der Waals surface area contributed by atoms with Crippen LogP contribution in [0.4, 0.5) is 0 Å². The Kier molecular flexibility index (Phi) is 2.14. The molecule has 58 valence electrons. The van der Waals surface area contributed by atoms with Gasteiger partial charge in [0.2, 0.25) is 0 Å². The largest absolute Gasteiger partial charge is 0.294 e. The number of allylic oxidation sites excluding steroid dienone is 1. The summed E-state index contributed by atoms with van der Waals surface area (Å²) in [5, 5.41) is 9.03. The van der Waals surface area contributed by atoms with Crippen LogP contribution in [0.3, 0.4) is 0 Å². The van der Waals surface area contributed by atoms with Gasteiger partial charge in [0, 0.05) is 5.57 Å². The number of hydrogen-bond donors (Lipinski definition) is 0. The van der Waals surface area contributed by atoms with Gasteiger partial charge in [-0.1, -0.05) is 17.9 Å². The highest BCUT2D eigenvalue weighted by atomic mass is 32.1. The minimum Gasteiger partial charge on any atom is -0.294 e. The molecule has 0 atom stereocenters. The summed E-state index contributed by atoms with van der Waals surface area (Å²) in [4.78, 5) is 10.8. The maximum Gasteiger partial charge on any atom is 0.162 e. The molecule has 0 spiro atoms. The molecule has 0 bridgehead atoms. The standard InChI is InChI=1S/C7H8N2OS/c1-4(5(2)10)7-9-8-6(3)11-7/h1H2,2-3H3. The number of carbonyl (C=O) groups excluding carboxylic acids is 1. The summed E-state index contributed by atoms with van der Waals surface area (Å²) < 4.78 is 0. The molecule has 0 aliphatic carbocycles. The lowest BCUT2D eigenvalue weighted by molar-refractivity contribution is -0.111. The van der Waals surface area contributed by atoms with Gasteiger partial charge in [-0.15, -0.1) is 10.2 Å². The van der Waals surface area contributed by atoms with Crippen molar-refractivity contribution in [1.29, 1.82) is 0 Å². The Balaban J connectivity index is 2.94. The number of aryl methyl sites for hydroxylation is 1. The van der Waals surface area contributed by atoms with E-state index in [0.717, 1.165) is 5.01 Å². The van der Waals surface area contributed by atoms with E-state index in [-0.39, 0.29) is 5.78 Å². The fourth-order valence-corrected chi connectivity index (χ4v) is 1.28. The Morgan fingerprint density at radius 3 is 2.55 bits per heavy atom. The third-order valence-electron chi connectivity index (χ3n) is 1.21. The summed E-state index contributed by atoms with van der Waals surface area (Å²) in [6.45, 7) is 6.91. The zero-order valence-corrected chi connectivity index (χ0v) is 7.23. The lowest BCUT2D eigenvalue weighted by Crippen LogP contribution is -1.92. The van der Waals surface area contributed by atoms with Crippen molar-refractivity contribution in [3.8, 4) is 0 Å². The molecule has 1 aromatic heterocycles. The van der Waals surface area contributed by atoms with Crippen molar-refractivity contribution in [2.24, 2.45) is 0 Å². The third kappa shape index (κ3) is 1.71. The van der Waals surface area contributed by atoms with Crippen molar-refractivity contribution in [3.05, 3.63) is 16.6 Å². The fourth-order valence-electron chi connectivity index (χ4n) is 0.569. The molecule has 1 rings (SSSR count). The minimum atomic E-state index is -0.0545. The number of aromatic nitrogens is 2. The van der Waals surface area contributed by atoms with Crippen molar-refractivity contribution in [1.82, 2.24) is 10.2 Å². The van der Waals surface area contributed by atoms with Gasteiger partial charge in [0.05, 0.1) is 0 Å². The van der Waals surface area contributed by atoms with Crippen LogP contribution in [0.5, 0.6) is 0 Å². The summed E-state index contributed by atoms with van der Waals surface area (Å²) in [5.41, 5.74) is 0.440. The van der Waals surface area contributed by atoms with Crippen LogP contribution in [0.1, 0.15) is 16.9 Å². The van der Waals surface area contributed by atoms with Crippen LogP contribution in [0.2, 0.25) is 0 Å². The van der Waals surface area contributed by atoms with E-state index in [2.05, 4.69) is 16.8 Å². The lowest BCUT2D eigenvalue weighted by Gasteiger charge is -1.90. The molecular formula is C7H8N2OS. The van der Waals surface area contributed by atoms with Gasteiger partial charge in [0.25, 0.3) is 0 Å². The monoisotopic (exact) mass is 168 g/mol. The highest BCUT2D eigenvalue weighted by molar-refractivity contribution is 7.12. The summed E-state index contributed by atoms with van der Waals surface area (Å²) in [5.74, 6) is -0.0545. The first-order valence-electron chi connectivity index (χ1n) is 3.11. The Hall–Kier alpha value is -1.03. The maximum absolute atomic E-state index is 10.8. The Bertz CT molecular complexity index is 303. The van der Waals surface area contributed by atoms with Crippen molar-refractivity contribution in [2.75, 3.05) is 0 Å². The first-order valence-corrected chi connectivity index (χ1v) is 3.93. The summed E-state index contributed by atoms with van der Waals surface area (Å²) in [6.07, 6.45) is 0. The minimum absolute atomic E-state index is 0.0545. The molecule has 0 radical (unpaired) electrons. The molecule has 11 heavy (non-hydrogen) atoms. The maximum atomic E-state index is 10.8. The predicted octanol–water partition coefficient (Wildman–Crippen LogP) is 1.45. The average Bonchev–Trinajstić information content (AvgIpc) is 2.34. The number of Topliss-reactive ketones (excluding diaryl/α,β-unsaturated/α-hetero) is 1. The molecule has 1 aromatic rings. The molecule has 0 aromatic carbocycles. The van der Waals surface area contributed by atoms with Crippen molar-refractivity contribution >= 4 is 22.7 Å². The quantitative estimate of drug-likeness (QED) is 0.628. The van der Waals surface area contributed by atoms with Crippen molar-refractivity contribution < 1.29 is 4.79 Å². The molecule has 0 N–H and O–H groups in total. The molecule has 0 fully saturated rings.